The molecule has 16 nitrogen and oxygen atoms in total. The third kappa shape index (κ3) is 24.9. The molecule has 5 aromatic rings. The molecule has 5 heterocycles. The van der Waals surface area contributed by atoms with Crippen molar-refractivity contribution >= 4 is 29.5 Å². The van der Waals surface area contributed by atoms with Crippen LogP contribution in [0.3, 0.4) is 0 Å². The Balaban J connectivity index is 0.000000201. The molecule has 0 aliphatic carbocycles. The van der Waals surface area contributed by atoms with Crippen LogP contribution in [0.5, 0.6) is 0 Å². The Morgan fingerprint density at radius 2 is 0.681 bits per heavy atom. The number of morpholine rings is 3. The fourth-order valence-electron chi connectivity index (χ4n) is 10.4. The molecule has 5 amide bonds. The first-order valence-corrected chi connectivity index (χ1v) is 33.0. The second-order valence-electron chi connectivity index (χ2n) is 25.6. The van der Waals surface area contributed by atoms with Gasteiger partial charge in [-0.1, -0.05) is 124 Å². The molecule has 0 bridgehead atoms. The minimum Gasteiger partial charge on any atom is -0.379 e. The molecule has 0 radical (unpaired) electrons. The molecule has 5 aliphatic heterocycles. The number of ether oxygens (including phenoxy) is 3. The summed E-state index contributed by atoms with van der Waals surface area (Å²) in [6.07, 6.45) is 0. The van der Waals surface area contributed by atoms with E-state index >= 15 is 0 Å². The lowest BCUT2D eigenvalue weighted by atomic mass is 10.0. The van der Waals surface area contributed by atoms with E-state index < -0.39 is 0 Å². The highest BCUT2D eigenvalue weighted by atomic mass is 19.1. The normalized spacial score (nSPS) is 16.3. The first kappa shape index (κ1) is 74.9. The van der Waals surface area contributed by atoms with Crippen molar-refractivity contribution in [2.45, 2.75) is 119 Å². The van der Waals surface area contributed by atoms with Gasteiger partial charge in [0.1, 0.15) is 5.82 Å². The fourth-order valence-corrected chi connectivity index (χ4v) is 10.4. The van der Waals surface area contributed by atoms with Gasteiger partial charge in [0, 0.05) is 125 Å². The Kier molecular flexibility index (Phi) is 32.0. The number of nitrogens with zero attached hydrogens (tertiary/aromatic N) is 6. The van der Waals surface area contributed by atoms with Crippen molar-refractivity contribution in [3.8, 4) is 0 Å². The highest BCUT2D eigenvalue weighted by Crippen LogP contribution is 2.22. The number of primary amides is 1. The number of carbonyl (C=O) groups is 5. The van der Waals surface area contributed by atoms with Gasteiger partial charge in [-0.3, -0.25) is 28.9 Å². The topological polar surface area (TPSA) is 171 Å². The molecule has 3 N–H and O–H groups in total. The number of nitrogens with two attached hydrogens (primary N) is 1. The molecule has 91 heavy (non-hydrogen) atoms. The Bertz CT molecular complexity index is 2880. The van der Waals surface area contributed by atoms with Crippen LogP contribution in [0.15, 0.2) is 115 Å². The Labute approximate surface area is 543 Å². The minimum atomic E-state index is -0.370. The van der Waals surface area contributed by atoms with Gasteiger partial charge in [-0.05, 0) is 139 Å². The maximum Gasteiger partial charge on any atom is 0.254 e. The van der Waals surface area contributed by atoms with E-state index in [4.69, 9.17) is 19.9 Å². The molecule has 5 fully saturated rings. The maximum atomic E-state index is 13.8. The minimum absolute atomic E-state index is 0.114. The molecule has 5 saturated heterocycles. The van der Waals surface area contributed by atoms with Crippen molar-refractivity contribution in [3.05, 3.63) is 177 Å². The van der Waals surface area contributed by atoms with E-state index in [9.17, 15) is 28.4 Å². The lowest BCUT2D eigenvalue weighted by molar-refractivity contribution is 0.0237. The average Bonchev–Trinajstić information content (AvgIpc) is 2.66. The SMILES string of the molecule is CC(C)N1CCOCC1.CC(C)c1ccc(C(=O)N2CCN(C)CC2)cc1.CC(C)c1ccc(C(=O)N2CCNCC2)cc1.CC(C)c1ccc(C(=O)N2CCOCC2)cc1.CC(C)c1ccc(C(=O)N2CCOCC2)cc1F.CC(C)c1ccc(C(N)=O)cc1. The summed E-state index contributed by atoms with van der Waals surface area (Å²) in [7, 11) is 2.10. The lowest BCUT2D eigenvalue weighted by Crippen LogP contribution is -2.47. The van der Waals surface area contributed by atoms with Gasteiger partial charge in [0.2, 0.25) is 5.91 Å². The quantitative estimate of drug-likeness (QED) is 0.129. The first-order valence-electron chi connectivity index (χ1n) is 33.0. The van der Waals surface area contributed by atoms with Crippen LogP contribution in [0.1, 0.15) is 192 Å². The number of benzene rings is 5. The number of piperazine rings is 2. The molecule has 5 aliphatic rings. The van der Waals surface area contributed by atoms with Crippen molar-refractivity contribution in [3.63, 3.8) is 0 Å². The second-order valence-corrected chi connectivity index (χ2v) is 25.6. The molecular formula is C74H107FN8O8. The van der Waals surface area contributed by atoms with Crippen LogP contribution in [0.2, 0.25) is 0 Å². The van der Waals surface area contributed by atoms with Crippen molar-refractivity contribution in [2.24, 2.45) is 5.73 Å². The molecule has 0 spiro atoms. The third-order valence-corrected chi connectivity index (χ3v) is 16.8. The van der Waals surface area contributed by atoms with Crippen LogP contribution in [0.4, 0.5) is 4.39 Å². The summed E-state index contributed by atoms with van der Waals surface area (Å²) >= 11 is 0. The number of likely N-dealkylation sites (N-methyl/N-ethyl adjacent to an activating group) is 1. The Morgan fingerprint density at radius 1 is 0.385 bits per heavy atom. The molecule has 0 saturated carbocycles. The van der Waals surface area contributed by atoms with Gasteiger partial charge in [0.15, 0.2) is 0 Å². The van der Waals surface area contributed by atoms with E-state index in [1.165, 1.54) is 28.3 Å². The van der Waals surface area contributed by atoms with E-state index in [2.05, 4.69) is 116 Å². The predicted octanol–water partition coefficient (Wildman–Crippen LogP) is 11.4. The number of hydrogen-bond donors (Lipinski definition) is 2. The molecule has 498 valence electrons. The molecule has 10 rings (SSSR count). The number of nitrogens with one attached hydrogen (secondary N) is 1. The highest BCUT2D eigenvalue weighted by molar-refractivity contribution is 5.96. The number of hydrogen-bond acceptors (Lipinski definition) is 11. The smallest absolute Gasteiger partial charge is 0.254 e. The average molecular weight is 1260 g/mol. The number of carbonyl (C=O) groups excluding carboxylic acids is 5. The number of rotatable bonds is 11. The van der Waals surface area contributed by atoms with Crippen LogP contribution in [0, 0.1) is 5.82 Å². The molecule has 17 heteroatoms. The monoisotopic (exact) mass is 1250 g/mol. The largest absolute Gasteiger partial charge is 0.379 e. The summed E-state index contributed by atoms with van der Waals surface area (Å²) in [5, 5.41) is 3.25. The van der Waals surface area contributed by atoms with Gasteiger partial charge in [-0.15, -0.1) is 0 Å². The number of amides is 5. The molecule has 0 atom stereocenters. The zero-order chi connectivity index (χ0) is 66.6. The molecule has 0 aromatic heterocycles. The Morgan fingerprint density at radius 3 is 0.978 bits per heavy atom. The van der Waals surface area contributed by atoms with Crippen LogP contribution in [-0.2, 0) is 14.2 Å². The van der Waals surface area contributed by atoms with Crippen LogP contribution < -0.4 is 11.1 Å². The van der Waals surface area contributed by atoms with Crippen molar-refractivity contribution in [1.29, 1.82) is 0 Å². The fraction of sp³-hybridized carbons (Fsp3) is 0.527. The highest BCUT2D eigenvalue weighted by Gasteiger charge is 2.23. The zero-order valence-electron chi connectivity index (χ0n) is 57.0. The third-order valence-electron chi connectivity index (χ3n) is 16.8. The zero-order valence-corrected chi connectivity index (χ0v) is 57.0. The Hall–Kier alpha value is -6.86. The van der Waals surface area contributed by atoms with E-state index in [1.54, 1.807) is 29.2 Å². The van der Waals surface area contributed by atoms with E-state index in [0.717, 1.165) is 95.4 Å². The second kappa shape index (κ2) is 38.9. The van der Waals surface area contributed by atoms with Gasteiger partial charge in [0.05, 0.1) is 39.6 Å². The van der Waals surface area contributed by atoms with E-state index in [1.807, 2.05) is 89.2 Å². The van der Waals surface area contributed by atoms with Crippen LogP contribution in [0.25, 0.3) is 0 Å². The van der Waals surface area contributed by atoms with Gasteiger partial charge in [0.25, 0.3) is 23.6 Å². The maximum absolute atomic E-state index is 13.8. The van der Waals surface area contributed by atoms with Gasteiger partial charge in [-0.25, -0.2) is 4.39 Å². The molecule has 0 unspecified atom stereocenters. The van der Waals surface area contributed by atoms with Crippen molar-refractivity contribution in [1.82, 2.24) is 34.7 Å². The summed E-state index contributed by atoms with van der Waals surface area (Å²) in [4.78, 5) is 71.6. The van der Waals surface area contributed by atoms with E-state index in [-0.39, 0.29) is 41.3 Å². The van der Waals surface area contributed by atoms with Crippen molar-refractivity contribution < 1.29 is 42.6 Å². The summed E-state index contributed by atoms with van der Waals surface area (Å²) < 4.78 is 29.5. The lowest BCUT2D eigenvalue weighted by Gasteiger charge is -2.32. The van der Waals surface area contributed by atoms with Crippen LogP contribution in [-0.4, -0.2) is 203 Å². The van der Waals surface area contributed by atoms with Gasteiger partial charge < -0.3 is 49.8 Å². The summed E-state index contributed by atoms with van der Waals surface area (Å²) in [5.74, 6) is 1.79. The van der Waals surface area contributed by atoms with E-state index in [0.29, 0.717) is 99.0 Å². The molecular weight excluding hydrogens is 1150 g/mol. The predicted molar refractivity (Wildman–Crippen MR) is 364 cm³/mol. The van der Waals surface area contributed by atoms with Crippen LogP contribution >= 0.6 is 0 Å². The van der Waals surface area contributed by atoms with Gasteiger partial charge >= 0.3 is 0 Å². The van der Waals surface area contributed by atoms with Gasteiger partial charge in [-0.2, -0.15) is 0 Å². The summed E-state index contributed by atoms with van der Waals surface area (Å²) in [6, 6.07) is 36.8. The molecule has 5 aromatic carbocycles. The number of halogens is 1. The first-order chi connectivity index (χ1) is 43.4. The summed E-state index contributed by atoms with van der Waals surface area (Å²) in [6.45, 7) is 41.5. The van der Waals surface area contributed by atoms with Crippen molar-refractivity contribution in [2.75, 3.05) is 138 Å². The summed E-state index contributed by atoms with van der Waals surface area (Å²) in [5.41, 5.74) is 14.2. The standard InChI is InChI=1S/C15H22N2O.C14H18FNO2.C14H20N2O.C14H19NO2.C10H13NO.C7H15NO/c1-12(2)13-4-6-14(7-5-13)15(18)17-10-8-16(3)9-11-17;1-10(2)12-4-3-11(9-13(12)15)14(17)16-5-7-18-8-6-16;1-11(2)12-3-5-13(6-4-12)14(17)16-9-7-15-8-10-16;1-11(2)12-3-5-13(6-4-12)14(16)15-7-9-17-10-8-15;1-7(2)8-3-5-9(6-4-8)10(11)12;1-7(2)8-3-5-9-6-4-8/h4-7,12H,8-11H2,1-3H3;3-4,9-10H,5-8H2,1-2H3;3-6,11,15H,7-10H2,1-2H3;3-6,11H,7-10H2,1-2H3;3-7H,1-2H3,(H2,11,12);7H,3-6H2,1-2H3.